The van der Waals surface area contributed by atoms with Gasteiger partial charge < -0.3 is 5.73 Å². The summed E-state index contributed by atoms with van der Waals surface area (Å²) in [4.78, 5) is 0.0288. The summed E-state index contributed by atoms with van der Waals surface area (Å²) < 4.78 is 27.1. The smallest absolute Gasteiger partial charge is 0.242 e. The van der Waals surface area contributed by atoms with Gasteiger partial charge >= 0.3 is 0 Å². The predicted molar refractivity (Wildman–Crippen MR) is 74.9 cm³/mol. The third kappa shape index (κ3) is 3.94. The van der Waals surface area contributed by atoms with Crippen LogP contribution >= 0.6 is 0 Å². The lowest BCUT2D eigenvalue weighted by Crippen LogP contribution is -2.34. The number of hydrogen-bond donors (Lipinski definition) is 2. The zero-order valence-corrected chi connectivity index (χ0v) is 12.0. The van der Waals surface area contributed by atoms with E-state index in [-0.39, 0.29) is 16.6 Å². The van der Waals surface area contributed by atoms with Gasteiger partial charge in [-0.3, -0.25) is 0 Å². The predicted octanol–water partition coefficient (Wildman–Crippen LogP) is 2.00. The summed E-state index contributed by atoms with van der Waals surface area (Å²) in [5.41, 5.74) is 6.14. The number of anilines is 1. The highest BCUT2D eigenvalue weighted by Crippen LogP contribution is 2.20. The maximum absolute atomic E-state index is 12.2. The van der Waals surface area contributed by atoms with Gasteiger partial charge in [0.05, 0.1) is 17.3 Å². The van der Waals surface area contributed by atoms with Crippen LogP contribution in [0, 0.1) is 11.3 Å². The van der Waals surface area contributed by atoms with Crippen LogP contribution in [0.25, 0.3) is 0 Å². The fraction of sp³-hybridized carbons (Fsp3) is 0.462. The number of rotatable bonds is 6. The Bertz CT molecular complexity index is 576. The van der Waals surface area contributed by atoms with Gasteiger partial charge in [0.25, 0.3) is 0 Å². The summed E-state index contributed by atoms with van der Waals surface area (Å²) in [6.45, 7) is 3.94. The van der Waals surface area contributed by atoms with E-state index >= 15 is 0 Å². The van der Waals surface area contributed by atoms with E-state index in [9.17, 15) is 8.42 Å². The van der Waals surface area contributed by atoms with Crippen molar-refractivity contribution in [1.82, 2.24) is 4.72 Å². The van der Waals surface area contributed by atoms with E-state index in [1.807, 2.05) is 19.9 Å². The van der Waals surface area contributed by atoms with Gasteiger partial charge in [-0.05, 0) is 31.0 Å². The van der Waals surface area contributed by atoms with E-state index in [0.717, 1.165) is 19.3 Å². The SMILES string of the molecule is CCCC(CC)NS(=O)(=O)c1ccc(C#N)cc1N. The Hall–Kier alpha value is -1.58. The molecule has 1 aromatic rings. The van der Waals surface area contributed by atoms with Crippen molar-refractivity contribution in [2.45, 2.75) is 44.0 Å². The first-order valence-corrected chi connectivity index (χ1v) is 7.74. The molecule has 0 saturated heterocycles. The summed E-state index contributed by atoms with van der Waals surface area (Å²) in [7, 11) is -3.63. The number of nitriles is 1. The van der Waals surface area contributed by atoms with E-state index in [1.165, 1.54) is 18.2 Å². The van der Waals surface area contributed by atoms with Crippen LogP contribution in [0.1, 0.15) is 38.7 Å². The molecule has 0 aliphatic rings. The molecule has 3 N–H and O–H groups in total. The number of sulfonamides is 1. The fourth-order valence-electron chi connectivity index (χ4n) is 1.84. The minimum Gasteiger partial charge on any atom is -0.398 e. The molecule has 0 fully saturated rings. The van der Waals surface area contributed by atoms with Crippen molar-refractivity contribution in [1.29, 1.82) is 5.26 Å². The second-order valence-corrected chi connectivity index (χ2v) is 6.06. The summed E-state index contributed by atoms with van der Waals surface area (Å²) >= 11 is 0. The number of nitrogen functional groups attached to an aromatic ring is 1. The number of nitrogens with two attached hydrogens (primary N) is 1. The lowest BCUT2D eigenvalue weighted by atomic mass is 10.1. The summed E-state index contributed by atoms with van der Waals surface area (Å²) in [5.74, 6) is 0. The lowest BCUT2D eigenvalue weighted by molar-refractivity contribution is 0.512. The molecule has 1 aromatic carbocycles. The van der Waals surface area contributed by atoms with E-state index in [0.29, 0.717) is 5.56 Å². The molecule has 0 saturated carbocycles. The Morgan fingerprint density at radius 2 is 2.11 bits per heavy atom. The van der Waals surface area contributed by atoms with Crippen molar-refractivity contribution in [2.75, 3.05) is 5.73 Å². The Balaban J connectivity index is 3.04. The molecule has 0 heterocycles. The molecule has 1 rings (SSSR count). The molecule has 0 amide bonds. The lowest BCUT2D eigenvalue weighted by Gasteiger charge is -2.17. The number of nitrogens with one attached hydrogen (secondary N) is 1. The zero-order valence-electron chi connectivity index (χ0n) is 11.2. The highest BCUT2D eigenvalue weighted by atomic mass is 32.2. The van der Waals surface area contributed by atoms with E-state index in [4.69, 9.17) is 11.0 Å². The van der Waals surface area contributed by atoms with Gasteiger partial charge in [0.1, 0.15) is 4.90 Å². The number of benzene rings is 1. The third-order valence-electron chi connectivity index (χ3n) is 2.88. The Kier molecular flexibility index (Phi) is 5.33. The first kappa shape index (κ1) is 15.5. The van der Waals surface area contributed by atoms with Crippen molar-refractivity contribution >= 4 is 15.7 Å². The molecule has 1 unspecified atom stereocenters. The van der Waals surface area contributed by atoms with E-state index < -0.39 is 10.0 Å². The van der Waals surface area contributed by atoms with Crippen molar-refractivity contribution in [2.24, 2.45) is 0 Å². The van der Waals surface area contributed by atoms with Crippen LogP contribution in [0.15, 0.2) is 23.1 Å². The average Bonchev–Trinajstić information content (AvgIpc) is 2.37. The Labute approximate surface area is 114 Å². The number of hydrogen-bond acceptors (Lipinski definition) is 4. The Morgan fingerprint density at radius 3 is 2.58 bits per heavy atom. The topological polar surface area (TPSA) is 96.0 Å². The zero-order chi connectivity index (χ0) is 14.5. The molecule has 104 valence electrons. The highest BCUT2D eigenvalue weighted by Gasteiger charge is 2.21. The minimum absolute atomic E-state index is 0.0288. The van der Waals surface area contributed by atoms with Crippen LogP contribution in [-0.2, 0) is 10.0 Å². The highest BCUT2D eigenvalue weighted by molar-refractivity contribution is 7.89. The van der Waals surface area contributed by atoms with Gasteiger partial charge in [-0.1, -0.05) is 20.3 Å². The second kappa shape index (κ2) is 6.55. The van der Waals surface area contributed by atoms with Gasteiger partial charge in [-0.15, -0.1) is 0 Å². The van der Waals surface area contributed by atoms with Crippen LogP contribution in [0.2, 0.25) is 0 Å². The van der Waals surface area contributed by atoms with Crippen molar-refractivity contribution in [3.05, 3.63) is 23.8 Å². The molecule has 0 spiro atoms. The molecule has 19 heavy (non-hydrogen) atoms. The van der Waals surface area contributed by atoms with Crippen LogP contribution in [0.5, 0.6) is 0 Å². The molecule has 0 aliphatic carbocycles. The molecule has 6 heteroatoms. The first-order valence-electron chi connectivity index (χ1n) is 6.26. The molecular weight excluding hydrogens is 262 g/mol. The largest absolute Gasteiger partial charge is 0.398 e. The van der Waals surface area contributed by atoms with Crippen LogP contribution in [-0.4, -0.2) is 14.5 Å². The van der Waals surface area contributed by atoms with Gasteiger partial charge in [0, 0.05) is 6.04 Å². The second-order valence-electron chi connectivity index (χ2n) is 4.38. The molecule has 0 bridgehead atoms. The van der Waals surface area contributed by atoms with Gasteiger partial charge in [0.2, 0.25) is 10.0 Å². The van der Waals surface area contributed by atoms with Gasteiger partial charge in [0.15, 0.2) is 0 Å². The van der Waals surface area contributed by atoms with E-state index in [2.05, 4.69) is 4.72 Å². The maximum atomic E-state index is 12.2. The van der Waals surface area contributed by atoms with Crippen molar-refractivity contribution in [3.63, 3.8) is 0 Å². The van der Waals surface area contributed by atoms with Gasteiger partial charge in [-0.25, -0.2) is 13.1 Å². The minimum atomic E-state index is -3.63. The molecular formula is C13H19N3O2S. The quantitative estimate of drug-likeness (QED) is 0.779. The van der Waals surface area contributed by atoms with Crippen molar-refractivity contribution < 1.29 is 8.42 Å². The molecule has 0 aromatic heterocycles. The standard InChI is InChI=1S/C13H19N3O2S/c1-3-5-11(4-2)16-19(17,18)13-7-6-10(9-14)8-12(13)15/h6-8,11,16H,3-5,15H2,1-2H3. The monoisotopic (exact) mass is 281 g/mol. The first-order chi connectivity index (χ1) is 8.94. The summed E-state index contributed by atoms with van der Waals surface area (Å²) in [5, 5.41) is 8.74. The third-order valence-corrected chi connectivity index (χ3v) is 4.47. The van der Waals surface area contributed by atoms with Crippen LogP contribution in [0.4, 0.5) is 5.69 Å². The fourth-order valence-corrected chi connectivity index (χ4v) is 3.31. The molecule has 0 radical (unpaired) electrons. The van der Waals surface area contributed by atoms with Crippen LogP contribution < -0.4 is 10.5 Å². The Morgan fingerprint density at radius 1 is 1.42 bits per heavy atom. The van der Waals surface area contributed by atoms with Crippen LogP contribution in [0.3, 0.4) is 0 Å². The maximum Gasteiger partial charge on any atom is 0.242 e. The molecule has 5 nitrogen and oxygen atoms in total. The number of nitrogens with zero attached hydrogens (tertiary/aromatic N) is 1. The molecule has 0 aliphatic heterocycles. The average molecular weight is 281 g/mol. The molecule has 1 atom stereocenters. The van der Waals surface area contributed by atoms with Crippen molar-refractivity contribution in [3.8, 4) is 6.07 Å². The normalized spacial score (nSPS) is 12.9. The van der Waals surface area contributed by atoms with E-state index in [1.54, 1.807) is 0 Å². The summed E-state index contributed by atoms with van der Waals surface area (Å²) in [6.07, 6.45) is 2.42. The van der Waals surface area contributed by atoms with Gasteiger partial charge in [-0.2, -0.15) is 5.26 Å². The summed E-state index contributed by atoms with van der Waals surface area (Å²) in [6, 6.07) is 6.02.